The standard InChI is InChI=1S/C10H11BrFN/c11-9-5-6(12)4-8-7(9)2-1-3-10(8)13/h4-5,10H,1-3,13H2. The van der Waals surface area contributed by atoms with Crippen LogP contribution in [0.1, 0.15) is 30.0 Å². The highest BCUT2D eigenvalue weighted by atomic mass is 79.9. The minimum atomic E-state index is -0.206. The molecule has 0 spiro atoms. The molecule has 0 aromatic heterocycles. The van der Waals surface area contributed by atoms with Crippen LogP contribution >= 0.6 is 15.9 Å². The molecule has 1 nitrogen and oxygen atoms in total. The van der Waals surface area contributed by atoms with Crippen LogP contribution in [0.5, 0.6) is 0 Å². The lowest BCUT2D eigenvalue weighted by Gasteiger charge is -2.23. The van der Waals surface area contributed by atoms with Gasteiger partial charge >= 0.3 is 0 Å². The highest BCUT2D eigenvalue weighted by Crippen LogP contribution is 2.33. The predicted octanol–water partition coefficient (Wildman–Crippen LogP) is 2.92. The molecule has 1 aliphatic rings. The Labute approximate surface area is 85.3 Å². The summed E-state index contributed by atoms with van der Waals surface area (Å²) < 4.78 is 13.9. The average molecular weight is 244 g/mol. The normalized spacial score (nSPS) is 21.3. The second-order valence-corrected chi connectivity index (χ2v) is 4.31. The van der Waals surface area contributed by atoms with Crippen molar-refractivity contribution in [3.63, 3.8) is 0 Å². The van der Waals surface area contributed by atoms with Gasteiger partial charge in [-0.3, -0.25) is 0 Å². The van der Waals surface area contributed by atoms with E-state index in [4.69, 9.17) is 5.73 Å². The van der Waals surface area contributed by atoms with Crippen LogP contribution in [0, 0.1) is 5.82 Å². The van der Waals surface area contributed by atoms with E-state index in [1.807, 2.05) is 0 Å². The number of nitrogens with two attached hydrogens (primary N) is 1. The number of hydrogen-bond donors (Lipinski definition) is 1. The molecule has 70 valence electrons. The Morgan fingerprint density at radius 1 is 1.46 bits per heavy atom. The van der Waals surface area contributed by atoms with E-state index in [2.05, 4.69) is 15.9 Å². The van der Waals surface area contributed by atoms with Gasteiger partial charge in [-0.15, -0.1) is 0 Å². The fourth-order valence-corrected chi connectivity index (χ4v) is 2.52. The van der Waals surface area contributed by atoms with Gasteiger partial charge in [0, 0.05) is 10.5 Å². The number of benzene rings is 1. The highest BCUT2D eigenvalue weighted by molar-refractivity contribution is 9.10. The van der Waals surface area contributed by atoms with E-state index in [9.17, 15) is 4.39 Å². The van der Waals surface area contributed by atoms with Gasteiger partial charge in [-0.1, -0.05) is 15.9 Å². The maximum Gasteiger partial charge on any atom is 0.124 e. The summed E-state index contributed by atoms with van der Waals surface area (Å²) in [5.41, 5.74) is 8.05. The number of rotatable bonds is 0. The van der Waals surface area contributed by atoms with Gasteiger partial charge in [0.1, 0.15) is 5.82 Å². The van der Waals surface area contributed by atoms with Crippen molar-refractivity contribution < 1.29 is 4.39 Å². The van der Waals surface area contributed by atoms with Crippen molar-refractivity contribution in [3.05, 3.63) is 33.5 Å². The van der Waals surface area contributed by atoms with Gasteiger partial charge < -0.3 is 5.73 Å². The minimum absolute atomic E-state index is 0.00995. The maximum atomic E-state index is 13.0. The van der Waals surface area contributed by atoms with Gasteiger partial charge in [0.15, 0.2) is 0 Å². The Morgan fingerprint density at radius 2 is 2.23 bits per heavy atom. The van der Waals surface area contributed by atoms with Gasteiger partial charge in [-0.2, -0.15) is 0 Å². The Hall–Kier alpha value is -0.410. The van der Waals surface area contributed by atoms with Crippen LogP contribution < -0.4 is 5.73 Å². The van der Waals surface area contributed by atoms with Crippen molar-refractivity contribution in [1.29, 1.82) is 0 Å². The molecule has 0 aliphatic heterocycles. The van der Waals surface area contributed by atoms with E-state index in [0.717, 1.165) is 29.3 Å². The third-order valence-corrected chi connectivity index (χ3v) is 3.24. The van der Waals surface area contributed by atoms with Crippen molar-refractivity contribution in [3.8, 4) is 0 Å². The number of fused-ring (bicyclic) bond motifs is 1. The Balaban J connectivity index is 2.56. The molecule has 0 bridgehead atoms. The van der Waals surface area contributed by atoms with E-state index in [-0.39, 0.29) is 11.9 Å². The molecule has 13 heavy (non-hydrogen) atoms. The summed E-state index contributed by atoms with van der Waals surface area (Å²) in [6, 6.07) is 3.08. The summed E-state index contributed by atoms with van der Waals surface area (Å²) in [5, 5.41) is 0. The van der Waals surface area contributed by atoms with Crippen LogP contribution in [0.3, 0.4) is 0 Å². The summed E-state index contributed by atoms with van der Waals surface area (Å²) >= 11 is 3.36. The van der Waals surface area contributed by atoms with Crippen molar-refractivity contribution in [2.45, 2.75) is 25.3 Å². The van der Waals surface area contributed by atoms with Gasteiger partial charge in [-0.25, -0.2) is 4.39 Å². The van der Waals surface area contributed by atoms with Crippen molar-refractivity contribution in [1.82, 2.24) is 0 Å². The fourth-order valence-electron chi connectivity index (χ4n) is 1.87. The molecule has 1 aliphatic carbocycles. The molecule has 0 saturated carbocycles. The molecule has 0 radical (unpaired) electrons. The second kappa shape index (κ2) is 3.39. The Kier molecular flexibility index (Phi) is 2.39. The monoisotopic (exact) mass is 243 g/mol. The summed E-state index contributed by atoms with van der Waals surface area (Å²) in [6.07, 6.45) is 3.06. The molecule has 1 atom stereocenters. The predicted molar refractivity (Wildman–Crippen MR) is 54.0 cm³/mol. The van der Waals surface area contributed by atoms with Crippen molar-refractivity contribution in [2.75, 3.05) is 0 Å². The zero-order valence-electron chi connectivity index (χ0n) is 7.19. The first-order valence-corrected chi connectivity index (χ1v) is 5.21. The van der Waals surface area contributed by atoms with Gasteiger partial charge in [0.2, 0.25) is 0 Å². The third-order valence-electron chi connectivity index (χ3n) is 2.54. The number of hydrogen-bond acceptors (Lipinski definition) is 1. The summed E-state index contributed by atoms with van der Waals surface area (Å²) in [4.78, 5) is 0. The van der Waals surface area contributed by atoms with Crippen molar-refractivity contribution >= 4 is 15.9 Å². The second-order valence-electron chi connectivity index (χ2n) is 3.45. The Bertz CT molecular complexity index is 338. The smallest absolute Gasteiger partial charge is 0.124 e. The molecule has 0 fully saturated rings. The molecule has 1 aromatic carbocycles. The van der Waals surface area contributed by atoms with Crippen LogP contribution in [-0.2, 0) is 6.42 Å². The van der Waals surface area contributed by atoms with Crippen LogP contribution in [0.15, 0.2) is 16.6 Å². The van der Waals surface area contributed by atoms with Crippen LogP contribution in [0.25, 0.3) is 0 Å². The molecule has 2 N–H and O–H groups in total. The quantitative estimate of drug-likeness (QED) is 0.746. The lowest BCUT2D eigenvalue weighted by atomic mass is 9.88. The molecule has 0 heterocycles. The highest BCUT2D eigenvalue weighted by Gasteiger charge is 2.19. The molecule has 0 amide bonds. The van der Waals surface area contributed by atoms with Gasteiger partial charge in [0.25, 0.3) is 0 Å². The summed E-state index contributed by atoms with van der Waals surface area (Å²) in [6.45, 7) is 0. The molecule has 1 unspecified atom stereocenters. The first kappa shape index (κ1) is 9.16. The van der Waals surface area contributed by atoms with E-state index in [1.54, 1.807) is 6.07 Å². The zero-order chi connectivity index (χ0) is 9.42. The van der Waals surface area contributed by atoms with E-state index in [0.29, 0.717) is 0 Å². The van der Waals surface area contributed by atoms with Crippen LogP contribution in [0.2, 0.25) is 0 Å². The molecular weight excluding hydrogens is 233 g/mol. The van der Waals surface area contributed by atoms with Crippen molar-refractivity contribution in [2.24, 2.45) is 5.73 Å². The average Bonchev–Trinajstić information content (AvgIpc) is 2.07. The lowest BCUT2D eigenvalue weighted by molar-refractivity contribution is 0.555. The Morgan fingerprint density at radius 3 is 3.00 bits per heavy atom. The van der Waals surface area contributed by atoms with Gasteiger partial charge in [0.05, 0.1) is 0 Å². The lowest BCUT2D eigenvalue weighted by Crippen LogP contribution is -2.18. The van der Waals surface area contributed by atoms with Crippen LogP contribution in [0.4, 0.5) is 4.39 Å². The molecule has 3 heteroatoms. The largest absolute Gasteiger partial charge is 0.324 e. The fraction of sp³-hybridized carbons (Fsp3) is 0.400. The van der Waals surface area contributed by atoms with Crippen LogP contribution in [-0.4, -0.2) is 0 Å². The third kappa shape index (κ3) is 1.63. The number of halogens is 2. The molecule has 1 aromatic rings. The van der Waals surface area contributed by atoms with E-state index < -0.39 is 0 Å². The zero-order valence-corrected chi connectivity index (χ0v) is 8.77. The summed E-state index contributed by atoms with van der Waals surface area (Å²) in [7, 11) is 0. The van der Waals surface area contributed by atoms with E-state index >= 15 is 0 Å². The molecular formula is C10H11BrFN. The molecule has 2 rings (SSSR count). The minimum Gasteiger partial charge on any atom is -0.324 e. The molecule has 0 saturated heterocycles. The first-order valence-electron chi connectivity index (χ1n) is 4.42. The topological polar surface area (TPSA) is 26.0 Å². The van der Waals surface area contributed by atoms with Gasteiger partial charge in [-0.05, 0) is 42.5 Å². The SMILES string of the molecule is NC1CCCc2c(Br)cc(F)cc21. The van der Waals surface area contributed by atoms with E-state index in [1.165, 1.54) is 11.6 Å². The first-order chi connectivity index (χ1) is 6.18. The summed E-state index contributed by atoms with van der Waals surface area (Å²) in [5.74, 6) is -0.206. The maximum absolute atomic E-state index is 13.0.